The second kappa shape index (κ2) is 7.98. The average molecular weight is 370 g/mol. The van der Waals surface area contributed by atoms with Crippen LogP contribution in [-0.2, 0) is 20.7 Å². The molecule has 0 spiro atoms. The van der Waals surface area contributed by atoms with Crippen molar-refractivity contribution in [3.63, 3.8) is 0 Å². The number of carbonyl (C=O) groups is 2. The SMILES string of the molecule is CCOC(=O)Cc1[nH][nH]c(=O)c1C(CC(N)=O)c1ccc(F)cc1Cl. The van der Waals surface area contributed by atoms with Crippen LogP contribution < -0.4 is 11.3 Å². The number of hydrogen-bond acceptors (Lipinski definition) is 4. The van der Waals surface area contributed by atoms with E-state index in [-0.39, 0.29) is 35.7 Å². The number of nitrogens with two attached hydrogens (primary N) is 1. The maximum absolute atomic E-state index is 13.3. The number of rotatable bonds is 7. The summed E-state index contributed by atoms with van der Waals surface area (Å²) < 4.78 is 18.2. The first kappa shape index (κ1) is 18.7. The summed E-state index contributed by atoms with van der Waals surface area (Å²) in [6.45, 7) is 1.85. The monoisotopic (exact) mass is 369 g/mol. The van der Waals surface area contributed by atoms with Gasteiger partial charge in [0.25, 0.3) is 5.56 Å². The predicted octanol–water partition coefficient (Wildman–Crippen LogP) is 1.61. The molecule has 0 aliphatic heterocycles. The topological polar surface area (TPSA) is 118 Å². The Morgan fingerprint density at radius 1 is 1.36 bits per heavy atom. The average Bonchev–Trinajstić information content (AvgIpc) is 2.86. The number of halogens is 2. The number of esters is 1. The van der Waals surface area contributed by atoms with Crippen LogP contribution in [0.5, 0.6) is 0 Å². The molecule has 0 fully saturated rings. The van der Waals surface area contributed by atoms with Gasteiger partial charge in [-0.05, 0) is 24.6 Å². The lowest BCUT2D eigenvalue weighted by atomic mass is 9.87. The Bertz CT molecular complexity index is 846. The van der Waals surface area contributed by atoms with E-state index >= 15 is 0 Å². The van der Waals surface area contributed by atoms with Crippen molar-refractivity contribution in [1.29, 1.82) is 0 Å². The van der Waals surface area contributed by atoms with Gasteiger partial charge in [-0.25, -0.2) is 4.39 Å². The van der Waals surface area contributed by atoms with Crippen molar-refractivity contribution < 1.29 is 18.7 Å². The largest absolute Gasteiger partial charge is 0.466 e. The van der Waals surface area contributed by atoms with Crippen LogP contribution in [0.15, 0.2) is 23.0 Å². The molecule has 4 N–H and O–H groups in total. The first-order valence-electron chi connectivity index (χ1n) is 7.51. The Morgan fingerprint density at radius 2 is 2.08 bits per heavy atom. The minimum absolute atomic E-state index is 0.0499. The van der Waals surface area contributed by atoms with Gasteiger partial charge in [0.05, 0.1) is 18.7 Å². The number of primary amides is 1. The van der Waals surface area contributed by atoms with Crippen molar-refractivity contribution >= 4 is 23.5 Å². The summed E-state index contributed by atoms with van der Waals surface area (Å²) in [7, 11) is 0. The standard InChI is InChI=1S/C16H17ClFN3O4/c1-2-25-14(23)7-12-15(16(24)21-20-12)10(6-13(19)22)9-4-3-8(18)5-11(9)17/h3-5,10H,2,6-7H2,1H3,(H2,19,22)(H2,20,21,24). The minimum Gasteiger partial charge on any atom is -0.466 e. The number of carbonyl (C=O) groups excluding carboxylic acids is 2. The van der Waals surface area contributed by atoms with Crippen LogP contribution >= 0.6 is 11.6 Å². The van der Waals surface area contributed by atoms with E-state index in [2.05, 4.69) is 10.2 Å². The van der Waals surface area contributed by atoms with Gasteiger partial charge in [0.1, 0.15) is 5.82 Å². The number of H-pyrrole nitrogens is 2. The first-order chi connectivity index (χ1) is 11.8. The van der Waals surface area contributed by atoms with Gasteiger partial charge in [0, 0.05) is 22.9 Å². The molecule has 134 valence electrons. The lowest BCUT2D eigenvalue weighted by Gasteiger charge is -2.17. The Kier molecular flexibility index (Phi) is 5.97. The van der Waals surface area contributed by atoms with Gasteiger partial charge in [0.15, 0.2) is 0 Å². The summed E-state index contributed by atoms with van der Waals surface area (Å²) in [5, 5.41) is 5.04. The third kappa shape index (κ3) is 4.48. The number of ether oxygens (including phenoxy) is 1. The molecule has 9 heteroatoms. The fourth-order valence-electron chi connectivity index (χ4n) is 2.62. The highest BCUT2D eigenvalue weighted by molar-refractivity contribution is 6.31. The minimum atomic E-state index is -0.829. The molecule has 1 atom stereocenters. The zero-order chi connectivity index (χ0) is 18.6. The molecule has 1 amide bonds. The zero-order valence-corrected chi connectivity index (χ0v) is 14.2. The van der Waals surface area contributed by atoms with Gasteiger partial charge >= 0.3 is 5.97 Å². The van der Waals surface area contributed by atoms with E-state index in [0.29, 0.717) is 5.56 Å². The molecule has 0 bridgehead atoms. The van der Waals surface area contributed by atoms with E-state index in [1.807, 2.05) is 0 Å². The van der Waals surface area contributed by atoms with Crippen molar-refractivity contribution in [2.24, 2.45) is 5.73 Å². The fourth-order valence-corrected chi connectivity index (χ4v) is 2.92. The van der Waals surface area contributed by atoms with Crippen molar-refractivity contribution in [2.45, 2.75) is 25.7 Å². The van der Waals surface area contributed by atoms with Gasteiger partial charge in [-0.3, -0.25) is 19.5 Å². The highest BCUT2D eigenvalue weighted by atomic mass is 35.5. The van der Waals surface area contributed by atoms with Crippen molar-refractivity contribution in [2.75, 3.05) is 6.61 Å². The Hall–Kier alpha value is -2.61. The first-order valence-corrected chi connectivity index (χ1v) is 7.89. The molecule has 25 heavy (non-hydrogen) atoms. The molecular formula is C16H17ClFN3O4. The number of hydrogen-bond donors (Lipinski definition) is 3. The molecule has 0 saturated carbocycles. The van der Waals surface area contributed by atoms with Crippen molar-refractivity contribution in [3.8, 4) is 0 Å². The molecular weight excluding hydrogens is 353 g/mol. The Morgan fingerprint density at radius 3 is 2.68 bits per heavy atom. The molecule has 0 aliphatic rings. The lowest BCUT2D eigenvalue weighted by Crippen LogP contribution is -2.22. The van der Waals surface area contributed by atoms with E-state index in [1.54, 1.807) is 6.92 Å². The number of benzene rings is 1. The number of nitrogens with one attached hydrogen (secondary N) is 2. The van der Waals surface area contributed by atoms with Crippen LogP contribution in [0.2, 0.25) is 5.02 Å². The van der Waals surface area contributed by atoms with Crippen LogP contribution in [0.25, 0.3) is 0 Å². The summed E-state index contributed by atoms with van der Waals surface area (Å²) in [5.74, 6) is -2.60. The summed E-state index contributed by atoms with van der Waals surface area (Å²) >= 11 is 6.08. The van der Waals surface area contributed by atoms with E-state index in [1.165, 1.54) is 12.1 Å². The molecule has 1 heterocycles. The highest BCUT2D eigenvalue weighted by Gasteiger charge is 2.27. The van der Waals surface area contributed by atoms with Gasteiger partial charge in [0.2, 0.25) is 5.91 Å². The lowest BCUT2D eigenvalue weighted by molar-refractivity contribution is -0.142. The fraction of sp³-hybridized carbons (Fsp3) is 0.312. The third-order valence-electron chi connectivity index (χ3n) is 3.61. The quantitative estimate of drug-likeness (QED) is 0.642. The van der Waals surface area contributed by atoms with Crippen LogP contribution in [0, 0.1) is 5.82 Å². The second-order valence-corrected chi connectivity index (χ2v) is 5.75. The van der Waals surface area contributed by atoms with Crippen LogP contribution in [-0.4, -0.2) is 28.7 Å². The maximum Gasteiger partial charge on any atom is 0.311 e. The highest BCUT2D eigenvalue weighted by Crippen LogP contribution is 2.33. The van der Waals surface area contributed by atoms with Gasteiger partial charge in [-0.15, -0.1) is 0 Å². The number of aromatic amines is 2. The maximum atomic E-state index is 13.3. The molecule has 0 aliphatic carbocycles. The summed E-state index contributed by atoms with van der Waals surface area (Å²) in [4.78, 5) is 35.5. The number of aromatic nitrogens is 2. The Balaban J connectivity index is 2.52. The van der Waals surface area contributed by atoms with Gasteiger partial charge < -0.3 is 15.6 Å². The van der Waals surface area contributed by atoms with E-state index in [4.69, 9.17) is 22.1 Å². The summed E-state index contributed by atoms with van der Waals surface area (Å²) in [5.41, 5.74) is 5.53. The Labute approximate surface area is 147 Å². The molecule has 1 unspecified atom stereocenters. The van der Waals surface area contributed by atoms with Crippen molar-refractivity contribution in [1.82, 2.24) is 10.2 Å². The molecule has 1 aromatic heterocycles. The molecule has 7 nitrogen and oxygen atoms in total. The van der Waals surface area contributed by atoms with E-state index < -0.39 is 29.2 Å². The number of amides is 1. The zero-order valence-electron chi connectivity index (χ0n) is 13.4. The predicted molar refractivity (Wildman–Crippen MR) is 88.8 cm³/mol. The summed E-state index contributed by atoms with van der Waals surface area (Å²) in [6, 6.07) is 3.63. The van der Waals surface area contributed by atoms with Gasteiger partial charge in [-0.1, -0.05) is 17.7 Å². The van der Waals surface area contributed by atoms with Crippen molar-refractivity contribution in [3.05, 3.63) is 56.2 Å². The van der Waals surface area contributed by atoms with Crippen LogP contribution in [0.1, 0.15) is 36.1 Å². The molecule has 0 saturated heterocycles. The molecule has 2 rings (SSSR count). The second-order valence-electron chi connectivity index (χ2n) is 5.34. The summed E-state index contributed by atoms with van der Waals surface area (Å²) in [6.07, 6.45) is -0.432. The third-order valence-corrected chi connectivity index (χ3v) is 3.94. The van der Waals surface area contributed by atoms with E-state index in [0.717, 1.165) is 6.07 Å². The van der Waals surface area contributed by atoms with E-state index in [9.17, 15) is 18.8 Å². The molecule has 0 radical (unpaired) electrons. The van der Waals surface area contributed by atoms with Crippen LogP contribution in [0.4, 0.5) is 4.39 Å². The smallest absolute Gasteiger partial charge is 0.311 e. The normalized spacial score (nSPS) is 12.0. The van der Waals surface area contributed by atoms with Crippen LogP contribution in [0.3, 0.4) is 0 Å². The van der Waals surface area contributed by atoms with Gasteiger partial charge in [-0.2, -0.15) is 0 Å². The molecule has 2 aromatic rings. The molecule has 1 aromatic carbocycles.